The van der Waals surface area contributed by atoms with E-state index in [0.717, 1.165) is 5.92 Å². The van der Waals surface area contributed by atoms with Gasteiger partial charge in [-0.15, -0.1) is 0 Å². The van der Waals surface area contributed by atoms with Crippen molar-refractivity contribution in [3.05, 3.63) is 59.2 Å². The first-order chi connectivity index (χ1) is 7.43. The van der Waals surface area contributed by atoms with Crippen LogP contribution in [0.3, 0.4) is 0 Å². The maximum absolute atomic E-state index is 2.33. The zero-order chi connectivity index (χ0) is 10.1. The minimum atomic E-state index is 0.777. The summed E-state index contributed by atoms with van der Waals surface area (Å²) in [6, 6.07) is 8.93. The van der Waals surface area contributed by atoms with Crippen molar-refractivity contribution in [2.75, 3.05) is 0 Å². The summed E-state index contributed by atoms with van der Waals surface area (Å²) < 4.78 is 0. The molecule has 0 nitrogen and oxygen atoms in total. The third-order valence-electron chi connectivity index (χ3n) is 3.66. The highest BCUT2D eigenvalue weighted by molar-refractivity contribution is 5.34. The Hall–Kier alpha value is -1.30. The van der Waals surface area contributed by atoms with E-state index in [9.17, 15) is 0 Å². The van der Waals surface area contributed by atoms with E-state index in [4.69, 9.17) is 0 Å². The minimum absolute atomic E-state index is 0.777. The van der Waals surface area contributed by atoms with Crippen LogP contribution < -0.4 is 0 Å². The van der Waals surface area contributed by atoms with Gasteiger partial charge in [0.2, 0.25) is 0 Å². The van der Waals surface area contributed by atoms with Gasteiger partial charge in [-0.05, 0) is 42.7 Å². The van der Waals surface area contributed by atoms with E-state index in [1.807, 2.05) is 0 Å². The van der Waals surface area contributed by atoms with Crippen LogP contribution in [0.2, 0.25) is 0 Å². The molecular weight excluding hydrogens is 180 g/mol. The van der Waals surface area contributed by atoms with Crippen molar-refractivity contribution < 1.29 is 0 Å². The highest BCUT2D eigenvalue weighted by atomic mass is 14.2. The molecule has 0 amide bonds. The highest BCUT2D eigenvalue weighted by Crippen LogP contribution is 2.32. The van der Waals surface area contributed by atoms with Crippen molar-refractivity contribution in [2.24, 2.45) is 5.92 Å². The molecule has 2 aliphatic carbocycles. The number of hydrogen-bond acceptors (Lipinski definition) is 0. The summed E-state index contributed by atoms with van der Waals surface area (Å²) in [5.41, 5.74) is 4.79. The quantitative estimate of drug-likeness (QED) is 0.594. The average molecular weight is 196 g/mol. The molecule has 0 heteroatoms. The summed E-state index contributed by atoms with van der Waals surface area (Å²) in [5.74, 6) is 0.777. The van der Waals surface area contributed by atoms with E-state index in [-0.39, 0.29) is 0 Å². The topological polar surface area (TPSA) is 0 Å². The lowest BCUT2D eigenvalue weighted by molar-refractivity contribution is 0.601. The summed E-state index contributed by atoms with van der Waals surface area (Å²) in [5, 5.41) is 0. The fourth-order valence-electron chi connectivity index (χ4n) is 2.77. The largest absolute Gasteiger partial charge is 0.0839 e. The molecule has 3 rings (SSSR count). The van der Waals surface area contributed by atoms with Crippen molar-refractivity contribution in [2.45, 2.75) is 25.7 Å². The van der Waals surface area contributed by atoms with Gasteiger partial charge in [-0.2, -0.15) is 0 Å². The molecule has 1 unspecified atom stereocenters. The molecule has 0 aliphatic heterocycles. The Kier molecular flexibility index (Phi) is 2.21. The summed E-state index contributed by atoms with van der Waals surface area (Å²) in [6.07, 6.45) is 11.8. The molecule has 1 atom stereocenters. The first-order valence-corrected chi connectivity index (χ1v) is 5.86. The Morgan fingerprint density at radius 1 is 1.00 bits per heavy atom. The average Bonchev–Trinajstić information content (AvgIpc) is 2.48. The molecule has 15 heavy (non-hydrogen) atoms. The smallest absolute Gasteiger partial charge is 0.0125 e. The van der Waals surface area contributed by atoms with Crippen molar-refractivity contribution >= 4 is 0 Å². The molecule has 0 saturated carbocycles. The van der Waals surface area contributed by atoms with Gasteiger partial charge in [0.05, 0.1) is 0 Å². The first kappa shape index (κ1) is 8.96. The number of fused-ring (bicyclic) bond motifs is 2. The van der Waals surface area contributed by atoms with Gasteiger partial charge in [0.1, 0.15) is 0 Å². The molecule has 0 aromatic heterocycles. The van der Waals surface area contributed by atoms with E-state index in [1.165, 1.54) is 25.7 Å². The van der Waals surface area contributed by atoms with E-state index in [2.05, 4.69) is 42.5 Å². The molecule has 0 N–H and O–H groups in total. The monoisotopic (exact) mass is 196 g/mol. The van der Waals surface area contributed by atoms with Crippen LogP contribution in [-0.2, 0) is 12.8 Å². The van der Waals surface area contributed by atoms with Crippen LogP contribution in [0.15, 0.2) is 48.1 Å². The lowest BCUT2D eigenvalue weighted by Gasteiger charge is -2.18. The Balaban J connectivity index is 1.97. The van der Waals surface area contributed by atoms with Crippen LogP contribution in [-0.4, -0.2) is 0 Å². The Morgan fingerprint density at radius 3 is 2.80 bits per heavy atom. The number of allylic oxidation sites excluding steroid dienone is 4. The Bertz CT molecular complexity index is 423. The predicted molar refractivity (Wildman–Crippen MR) is 63.8 cm³/mol. The molecule has 0 bridgehead atoms. The van der Waals surface area contributed by atoms with Crippen molar-refractivity contribution in [1.29, 1.82) is 0 Å². The highest BCUT2D eigenvalue weighted by Gasteiger charge is 2.20. The molecule has 0 saturated heterocycles. The number of aryl methyl sites for hydroxylation is 1. The summed E-state index contributed by atoms with van der Waals surface area (Å²) in [4.78, 5) is 0. The molecule has 0 fully saturated rings. The van der Waals surface area contributed by atoms with Gasteiger partial charge >= 0.3 is 0 Å². The van der Waals surface area contributed by atoms with Gasteiger partial charge < -0.3 is 0 Å². The zero-order valence-corrected chi connectivity index (χ0v) is 8.95. The van der Waals surface area contributed by atoms with Crippen LogP contribution in [0.1, 0.15) is 24.0 Å². The van der Waals surface area contributed by atoms with Gasteiger partial charge in [-0.3, -0.25) is 0 Å². The molecule has 0 radical (unpaired) electrons. The lowest BCUT2D eigenvalue weighted by atomic mass is 9.87. The Morgan fingerprint density at radius 2 is 1.87 bits per heavy atom. The number of hydrogen-bond donors (Lipinski definition) is 0. The van der Waals surface area contributed by atoms with Crippen molar-refractivity contribution in [3.8, 4) is 0 Å². The maximum atomic E-state index is 2.33. The predicted octanol–water partition coefficient (Wildman–Crippen LogP) is 3.68. The molecule has 1 aromatic carbocycles. The molecule has 0 heterocycles. The normalized spacial score (nSPS) is 23.7. The summed E-state index contributed by atoms with van der Waals surface area (Å²) in [7, 11) is 0. The van der Waals surface area contributed by atoms with E-state index >= 15 is 0 Å². The van der Waals surface area contributed by atoms with Gasteiger partial charge in [0.15, 0.2) is 0 Å². The molecular formula is C15H16. The minimum Gasteiger partial charge on any atom is -0.0839 e. The van der Waals surface area contributed by atoms with Crippen molar-refractivity contribution in [1.82, 2.24) is 0 Å². The van der Waals surface area contributed by atoms with Crippen LogP contribution in [0.5, 0.6) is 0 Å². The maximum Gasteiger partial charge on any atom is -0.0125 e. The molecule has 2 aliphatic rings. The lowest BCUT2D eigenvalue weighted by Crippen LogP contribution is -2.07. The van der Waals surface area contributed by atoms with Crippen molar-refractivity contribution in [3.63, 3.8) is 0 Å². The van der Waals surface area contributed by atoms with Crippen LogP contribution in [0.25, 0.3) is 0 Å². The van der Waals surface area contributed by atoms with Gasteiger partial charge in [-0.25, -0.2) is 0 Å². The van der Waals surface area contributed by atoms with Crippen LogP contribution in [0, 0.1) is 5.92 Å². The second-order valence-corrected chi connectivity index (χ2v) is 4.58. The molecule has 76 valence electrons. The van der Waals surface area contributed by atoms with E-state index < -0.39 is 0 Å². The van der Waals surface area contributed by atoms with Gasteiger partial charge in [0, 0.05) is 0 Å². The zero-order valence-electron chi connectivity index (χ0n) is 8.95. The van der Waals surface area contributed by atoms with Crippen LogP contribution >= 0.6 is 0 Å². The third-order valence-corrected chi connectivity index (χ3v) is 3.66. The molecule has 0 spiro atoms. The fourth-order valence-corrected chi connectivity index (χ4v) is 2.77. The first-order valence-electron chi connectivity index (χ1n) is 5.86. The van der Waals surface area contributed by atoms with Gasteiger partial charge in [0.25, 0.3) is 0 Å². The standard InChI is InChI=1S/C15H16/c1-3-7-14-11-15-8-4-2-6-13(15)10-9-12(14)5-1/h1-7,15H,8-11H2. The second kappa shape index (κ2) is 3.69. The SMILES string of the molecule is C1=CCC2Cc3ccccc3CCC2=C1. The number of benzene rings is 1. The molecule has 1 aromatic rings. The van der Waals surface area contributed by atoms with Crippen LogP contribution in [0.4, 0.5) is 0 Å². The van der Waals surface area contributed by atoms with E-state index in [1.54, 1.807) is 16.7 Å². The summed E-state index contributed by atoms with van der Waals surface area (Å²) in [6.45, 7) is 0. The fraction of sp³-hybridized carbons (Fsp3) is 0.333. The third kappa shape index (κ3) is 1.65. The second-order valence-electron chi connectivity index (χ2n) is 4.58. The Labute approximate surface area is 91.3 Å². The number of rotatable bonds is 0. The van der Waals surface area contributed by atoms with E-state index in [0.29, 0.717) is 0 Å². The summed E-state index contributed by atoms with van der Waals surface area (Å²) >= 11 is 0. The van der Waals surface area contributed by atoms with Gasteiger partial charge in [-0.1, -0.05) is 48.1 Å².